The molecule has 2 atom stereocenters. The molecule has 0 saturated heterocycles. The van der Waals surface area contributed by atoms with E-state index in [9.17, 15) is 4.79 Å². The number of aryl methyl sites for hydroxylation is 1. The topological polar surface area (TPSA) is 64.3 Å². The first-order valence-corrected chi connectivity index (χ1v) is 6.35. The van der Waals surface area contributed by atoms with Gasteiger partial charge in [0, 0.05) is 7.11 Å². The normalized spacial score (nSPS) is 20.0. The molecule has 1 aromatic carbocycles. The van der Waals surface area contributed by atoms with Gasteiger partial charge in [0.15, 0.2) is 0 Å². The Kier molecular flexibility index (Phi) is 4.33. The molecule has 0 radical (unpaired) electrons. The molecule has 0 aromatic heterocycles. The van der Waals surface area contributed by atoms with Crippen molar-refractivity contribution < 1.29 is 9.53 Å². The maximum absolute atomic E-state index is 11.9. The molecule has 4 heteroatoms. The Bertz CT molecular complexity index is 420. The highest BCUT2D eigenvalue weighted by atomic mass is 16.5. The Morgan fingerprint density at radius 3 is 3.11 bits per heavy atom. The zero-order valence-electron chi connectivity index (χ0n) is 10.7. The zero-order valence-corrected chi connectivity index (χ0v) is 10.7. The van der Waals surface area contributed by atoms with E-state index < -0.39 is 6.04 Å². The highest BCUT2D eigenvalue weighted by Crippen LogP contribution is 2.29. The first-order chi connectivity index (χ1) is 8.72. The second-order valence-electron chi connectivity index (χ2n) is 4.71. The van der Waals surface area contributed by atoms with Crippen molar-refractivity contribution in [3.63, 3.8) is 0 Å². The van der Waals surface area contributed by atoms with Gasteiger partial charge in [-0.05, 0) is 30.4 Å². The number of benzene rings is 1. The van der Waals surface area contributed by atoms with Crippen molar-refractivity contribution in [3.05, 3.63) is 35.4 Å². The molecule has 0 heterocycles. The van der Waals surface area contributed by atoms with E-state index in [0.717, 1.165) is 19.3 Å². The summed E-state index contributed by atoms with van der Waals surface area (Å²) in [5.74, 6) is -0.140. The van der Waals surface area contributed by atoms with E-state index in [1.807, 2.05) is 12.1 Å². The Labute approximate surface area is 108 Å². The van der Waals surface area contributed by atoms with Gasteiger partial charge in [0.25, 0.3) is 0 Å². The van der Waals surface area contributed by atoms with E-state index in [1.54, 1.807) is 7.11 Å². The van der Waals surface area contributed by atoms with Gasteiger partial charge < -0.3 is 15.8 Å². The number of ether oxygens (including phenoxy) is 1. The van der Waals surface area contributed by atoms with Gasteiger partial charge in [-0.3, -0.25) is 4.79 Å². The van der Waals surface area contributed by atoms with Crippen LogP contribution in [0.3, 0.4) is 0 Å². The second-order valence-corrected chi connectivity index (χ2v) is 4.71. The molecule has 98 valence electrons. The lowest BCUT2D eigenvalue weighted by atomic mass is 9.87. The van der Waals surface area contributed by atoms with Crippen LogP contribution in [0.1, 0.15) is 30.0 Å². The second kappa shape index (κ2) is 5.98. The average molecular weight is 248 g/mol. The van der Waals surface area contributed by atoms with E-state index in [0.29, 0.717) is 0 Å². The fraction of sp³-hybridized carbons (Fsp3) is 0.500. The molecule has 3 N–H and O–H groups in total. The molecule has 1 aliphatic rings. The third-order valence-electron chi connectivity index (χ3n) is 3.37. The summed E-state index contributed by atoms with van der Waals surface area (Å²) >= 11 is 0. The van der Waals surface area contributed by atoms with Crippen molar-refractivity contribution in [1.82, 2.24) is 5.32 Å². The van der Waals surface area contributed by atoms with Crippen molar-refractivity contribution in [2.75, 3.05) is 13.7 Å². The number of amides is 1. The highest BCUT2D eigenvalue weighted by Gasteiger charge is 2.23. The third-order valence-corrected chi connectivity index (χ3v) is 3.37. The van der Waals surface area contributed by atoms with Crippen LogP contribution < -0.4 is 11.1 Å². The lowest BCUT2D eigenvalue weighted by Gasteiger charge is -2.27. The van der Waals surface area contributed by atoms with Crippen LogP contribution in [0, 0.1) is 0 Å². The molecular formula is C14H20N2O2. The van der Waals surface area contributed by atoms with Crippen LogP contribution in [0.2, 0.25) is 0 Å². The lowest BCUT2D eigenvalue weighted by molar-refractivity contribution is -0.124. The summed E-state index contributed by atoms with van der Waals surface area (Å²) in [5.41, 5.74) is 8.28. The minimum Gasteiger partial charge on any atom is -0.383 e. The Morgan fingerprint density at radius 1 is 1.56 bits per heavy atom. The fourth-order valence-electron chi connectivity index (χ4n) is 2.44. The molecule has 0 spiro atoms. The number of hydrogen-bond donors (Lipinski definition) is 2. The van der Waals surface area contributed by atoms with Gasteiger partial charge in [-0.2, -0.15) is 0 Å². The molecule has 0 bridgehead atoms. The molecule has 1 amide bonds. The summed E-state index contributed by atoms with van der Waals surface area (Å²) in [6.45, 7) is 0.250. The Hall–Kier alpha value is -1.39. The maximum atomic E-state index is 11.9. The van der Waals surface area contributed by atoms with Crippen molar-refractivity contribution in [2.45, 2.75) is 31.3 Å². The molecule has 0 saturated carbocycles. The van der Waals surface area contributed by atoms with E-state index in [2.05, 4.69) is 17.4 Å². The summed E-state index contributed by atoms with van der Waals surface area (Å²) < 4.78 is 4.90. The van der Waals surface area contributed by atoms with Gasteiger partial charge >= 0.3 is 0 Å². The zero-order chi connectivity index (χ0) is 13.0. The fourth-order valence-corrected chi connectivity index (χ4v) is 2.44. The van der Waals surface area contributed by atoms with E-state index in [1.165, 1.54) is 11.1 Å². The van der Waals surface area contributed by atoms with Crippen LogP contribution in [-0.2, 0) is 16.0 Å². The summed E-state index contributed by atoms with van der Waals surface area (Å²) in [5, 5.41) is 3.02. The lowest BCUT2D eigenvalue weighted by Crippen LogP contribution is -2.45. The number of carbonyl (C=O) groups excluding carboxylic acids is 1. The predicted octanol–water partition coefficient (Wildman–Crippen LogP) is 1.15. The summed E-state index contributed by atoms with van der Waals surface area (Å²) in [7, 11) is 1.54. The number of methoxy groups -OCH3 is 1. The van der Waals surface area contributed by atoms with Crippen molar-refractivity contribution >= 4 is 5.91 Å². The summed E-state index contributed by atoms with van der Waals surface area (Å²) in [4.78, 5) is 11.9. The van der Waals surface area contributed by atoms with Crippen LogP contribution >= 0.6 is 0 Å². The molecule has 1 aliphatic carbocycles. The highest BCUT2D eigenvalue weighted by molar-refractivity contribution is 5.82. The monoisotopic (exact) mass is 248 g/mol. The van der Waals surface area contributed by atoms with Gasteiger partial charge in [-0.1, -0.05) is 24.3 Å². The quantitative estimate of drug-likeness (QED) is 0.840. The van der Waals surface area contributed by atoms with Crippen molar-refractivity contribution in [2.24, 2.45) is 5.73 Å². The number of nitrogens with two attached hydrogens (primary N) is 1. The predicted molar refractivity (Wildman–Crippen MR) is 70.1 cm³/mol. The molecule has 2 rings (SSSR count). The number of hydrogen-bond acceptors (Lipinski definition) is 3. The number of fused-ring (bicyclic) bond motifs is 1. The minimum absolute atomic E-state index is 0.0883. The SMILES string of the molecule is COCC(N)C(=O)NC1CCCc2ccccc21. The van der Waals surface area contributed by atoms with Crippen LogP contribution in [0.15, 0.2) is 24.3 Å². The molecule has 4 nitrogen and oxygen atoms in total. The van der Waals surface area contributed by atoms with Gasteiger partial charge in [0.05, 0.1) is 12.6 Å². The van der Waals surface area contributed by atoms with Crippen molar-refractivity contribution in [1.29, 1.82) is 0 Å². The smallest absolute Gasteiger partial charge is 0.239 e. The maximum Gasteiger partial charge on any atom is 0.239 e. The Balaban J connectivity index is 2.05. The average Bonchev–Trinajstić information content (AvgIpc) is 2.39. The third kappa shape index (κ3) is 2.89. The van der Waals surface area contributed by atoms with E-state index in [-0.39, 0.29) is 18.6 Å². The first kappa shape index (κ1) is 13.1. The van der Waals surface area contributed by atoms with E-state index >= 15 is 0 Å². The molecule has 0 aliphatic heterocycles. The molecule has 0 fully saturated rings. The number of nitrogens with one attached hydrogen (secondary N) is 1. The summed E-state index contributed by atoms with van der Waals surface area (Å²) in [6.07, 6.45) is 3.16. The molecule has 2 unspecified atom stereocenters. The summed E-state index contributed by atoms with van der Waals surface area (Å²) in [6, 6.07) is 7.76. The minimum atomic E-state index is -0.593. The molecule has 18 heavy (non-hydrogen) atoms. The van der Waals surface area contributed by atoms with Crippen LogP contribution in [0.25, 0.3) is 0 Å². The van der Waals surface area contributed by atoms with Gasteiger partial charge in [0.1, 0.15) is 6.04 Å². The van der Waals surface area contributed by atoms with Gasteiger partial charge in [-0.15, -0.1) is 0 Å². The van der Waals surface area contributed by atoms with Crippen LogP contribution in [-0.4, -0.2) is 25.7 Å². The van der Waals surface area contributed by atoms with Crippen LogP contribution in [0.5, 0.6) is 0 Å². The van der Waals surface area contributed by atoms with Crippen LogP contribution in [0.4, 0.5) is 0 Å². The molecular weight excluding hydrogens is 228 g/mol. The van der Waals surface area contributed by atoms with E-state index in [4.69, 9.17) is 10.5 Å². The number of carbonyl (C=O) groups is 1. The van der Waals surface area contributed by atoms with Gasteiger partial charge in [-0.25, -0.2) is 0 Å². The number of rotatable bonds is 4. The largest absolute Gasteiger partial charge is 0.383 e. The van der Waals surface area contributed by atoms with Crippen molar-refractivity contribution in [3.8, 4) is 0 Å². The van der Waals surface area contributed by atoms with Gasteiger partial charge in [0.2, 0.25) is 5.91 Å². The molecule has 1 aromatic rings. The Morgan fingerprint density at radius 2 is 2.33 bits per heavy atom. The standard InChI is InChI=1S/C14H20N2O2/c1-18-9-12(15)14(17)16-13-8-4-6-10-5-2-3-7-11(10)13/h2-3,5,7,12-13H,4,6,8-9,15H2,1H3,(H,16,17). The first-order valence-electron chi connectivity index (χ1n) is 6.35.